The Morgan fingerprint density at radius 2 is 1.97 bits per heavy atom. The number of hydrogen-bond acceptors (Lipinski definition) is 9. The van der Waals surface area contributed by atoms with Crippen LogP contribution in [0.4, 0.5) is 15.9 Å². The van der Waals surface area contributed by atoms with Gasteiger partial charge in [0.1, 0.15) is 41.6 Å². The molecule has 192 valence electrons. The van der Waals surface area contributed by atoms with Crippen LogP contribution in [-0.4, -0.2) is 47.2 Å². The van der Waals surface area contributed by atoms with Gasteiger partial charge in [-0.3, -0.25) is 9.36 Å². The SMILES string of the molecule is CNc1c(C(C)=N)nc(Cn2nc(-c3ccc(O)c(F)c3)c3c(N)ncnc32)n(-c2ccccc2C)c1=O. The number of aromatic nitrogens is 6. The normalized spacial score (nSPS) is 11.2. The summed E-state index contributed by atoms with van der Waals surface area (Å²) in [5.41, 5.74) is 8.80. The predicted octanol–water partition coefficient (Wildman–Crippen LogP) is 3.25. The third kappa shape index (κ3) is 4.01. The summed E-state index contributed by atoms with van der Waals surface area (Å²) in [4.78, 5) is 26.8. The first-order valence-electron chi connectivity index (χ1n) is 11.6. The molecule has 5 rings (SSSR count). The highest BCUT2D eigenvalue weighted by atomic mass is 19.1. The average molecular weight is 514 g/mol. The quantitative estimate of drug-likeness (QED) is 0.252. The lowest BCUT2D eigenvalue weighted by Gasteiger charge is -2.18. The average Bonchev–Trinajstić information content (AvgIpc) is 3.26. The molecule has 12 heteroatoms. The van der Waals surface area contributed by atoms with E-state index in [1.807, 2.05) is 31.2 Å². The first kappa shape index (κ1) is 24.6. The first-order chi connectivity index (χ1) is 18.2. The Labute approximate surface area is 216 Å². The van der Waals surface area contributed by atoms with E-state index in [0.29, 0.717) is 33.8 Å². The highest BCUT2D eigenvalue weighted by Gasteiger charge is 2.23. The number of hydrogen-bond donors (Lipinski definition) is 4. The van der Waals surface area contributed by atoms with Crippen molar-refractivity contribution < 1.29 is 9.50 Å². The summed E-state index contributed by atoms with van der Waals surface area (Å²) in [5, 5.41) is 25.8. The van der Waals surface area contributed by atoms with Gasteiger partial charge in [-0.1, -0.05) is 18.2 Å². The number of benzene rings is 2. The largest absolute Gasteiger partial charge is 0.505 e. The minimum Gasteiger partial charge on any atom is -0.505 e. The maximum absolute atomic E-state index is 14.2. The molecular weight excluding hydrogens is 489 g/mol. The molecule has 0 saturated heterocycles. The van der Waals surface area contributed by atoms with Gasteiger partial charge >= 0.3 is 0 Å². The molecule has 11 nitrogen and oxygen atoms in total. The summed E-state index contributed by atoms with van der Waals surface area (Å²) in [6, 6.07) is 11.3. The molecule has 0 saturated carbocycles. The number of phenolic OH excluding ortho intramolecular Hbond substituents is 1. The van der Waals surface area contributed by atoms with Crippen molar-refractivity contribution in [3.63, 3.8) is 0 Å². The molecule has 2 aromatic carbocycles. The van der Waals surface area contributed by atoms with E-state index in [-0.39, 0.29) is 35.0 Å². The highest BCUT2D eigenvalue weighted by molar-refractivity contribution is 5.99. The number of phenols is 1. The molecule has 38 heavy (non-hydrogen) atoms. The van der Waals surface area contributed by atoms with Gasteiger partial charge in [0.05, 0.1) is 16.8 Å². The van der Waals surface area contributed by atoms with Crippen molar-refractivity contribution in [1.29, 1.82) is 5.41 Å². The standard InChI is InChI=1S/C26H24FN9O2/c1-13-6-4-5-7-17(13)36-19(33-21(14(2)28)23(30-3)26(36)38)11-35-25-20(24(29)31-12-32-25)22(34-35)15-8-9-18(37)16(27)10-15/h4-10,12,28,30,37H,11H2,1-3H3,(H2,29,31,32). The zero-order chi connectivity index (χ0) is 27.1. The molecule has 0 unspecified atom stereocenters. The van der Waals surface area contributed by atoms with Crippen LogP contribution in [0.15, 0.2) is 53.6 Å². The van der Waals surface area contributed by atoms with Crippen LogP contribution in [0.3, 0.4) is 0 Å². The van der Waals surface area contributed by atoms with Gasteiger partial charge in [-0.25, -0.2) is 24.0 Å². The van der Waals surface area contributed by atoms with E-state index in [1.165, 1.54) is 27.7 Å². The molecule has 3 aromatic heterocycles. The summed E-state index contributed by atoms with van der Waals surface area (Å²) in [6.07, 6.45) is 1.29. The van der Waals surface area contributed by atoms with Crippen molar-refractivity contribution >= 4 is 28.3 Å². The third-order valence-corrected chi connectivity index (χ3v) is 6.19. The molecule has 0 spiro atoms. The second kappa shape index (κ2) is 9.39. The van der Waals surface area contributed by atoms with Crippen LogP contribution in [0.2, 0.25) is 0 Å². The van der Waals surface area contributed by atoms with Crippen LogP contribution in [0.1, 0.15) is 24.0 Å². The van der Waals surface area contributed by atoms with Gasteiger partial charge in [-0.05, 0) is 43.7 Å². The predicted molar refractivity (Wildman–Crippen MR) is 143 cm³/mol. The summed E-state index contributed by atoms with van der Waals surface area (Å²) < 4.78 is 17.2. The second-order valence-corrected chi connectivity index (χ2v) is 8.68. The second-order valence-electron chi connectivity index (χ2n) is 8.68. The lowest BCUT2D eigenvalue weighted by molar-refractivity contribution is 0.432. The molecule has 0 aliphatic heterocycles. The van der Waals surface area contributed by atoms with Gasteiger partial charge in [-0.15, -0.1) is 0 Å². The number of halogens is 1. The molecule has 3 heterocycles. The molecule has 5 aromatic rings. The van der Waals surface area contributed by atoms with Crippen molar-refractivity contribution in [3.8, 4) is 22.7 Å². The Hall–Kier alpha value is -5.13. The topological polar surface area (TPSA) is 161 Å². The lowest BCUT2D eigenvalue weighted by Crippen LogP contribution is -2.30. The minimum absolute atomic E-state index is 0.0264. The highest BCUT2D eigenvalue weighted by Crippen LogP contribution is 2.32. The Bertz CT molecular complexity index is 1790. The zero-order valence-corrected chi connectivity index (χ0v) is 20.8. The van der Waals surface area contributed by atoms with E-state index in [0.717, 1.165) is 11.6 Å². The fourth-order valence-electron chi connectivity index (χ4n) is 4.36. The molecule has 0 atom stereocenters. The molecule has 0 aliphatic carbocycles. The fourth-order valence-corrected chi connectivity index (χ4v) is 4.36. The molecule has 0 aliphatic rings. The zero-order valence-electron chi connectivity index (χ0n) is 20.8. The van der Waals surface area contributed by atoms with E-state index in [4.69, 9.17) is 16.1 Å². The van der Waals surface area contributed by atoms with Gasteiger partial charge in [0.2, 0.25) is 0 Å². The van der Waals surface area contributed by atoms with E-state index in [9.17, 15) is 14.3 Å². The van der Waals surface area contributed by atoms with Crippen molar-refractivity contribution in [3.05, 3.63) is 82.0 Å². The number of para-hydroxylation sites is 1. The van der Waals surface area contributed by atoms with E-state index >= 15 is 0 Å². The van der Waals surface area contributed by atoms with Gasteiger partial charge in [0, 0.05) is 12.6 Å². The maximum atomic E-state index is 14.2. The van der Waals surface area contributed by atoms with Gasteiger partial charge in [0.15, 0.2) is 17.2 Å². The van der Waals surface area contributed by atoms with Crippen LogP contribution >= 0.6 is 0 Å². The van der Waals surface area contributed by atoms with Crippen LogP contribution in [-0.2, 0) is 6.54 Å². The number of rotatable bonds is 6. The Morgan fingerprint density at radius 3 is 2.66 bits per heavy atom. The molecule has 5 N–H and O–H groups in total. The number of nitrogens with two attached hydrogens (primary N) is 1. The molecule has 0 radical (unpaired) electrons. The van der Waals surface area contributed by atoms with Crippen LogP contribution in [0.25, 0.3) is 28.0 Å². The Kier molecular flexibility index (Phi) is 6.07. The number of nitrogens with one attached hydrogen (secondary N) is 2. The molecule has 0 fully saturated rings. The van der Waals surface area contributed by atoms with Crippen LogP contribution in [0.5, 0.6) is 5.75 Å². The summed E-state index contributed by atoms with van der Waals surface area (Å²) in [6.45, 7) is 3.41. The first-order valence-corrected chi connectivity index (χ1v) is 11.6. The Balaban J connectivity index is 1.78. The molecular formula is C26H24FN9O2. The van der Waals surface area contributed by atoms with Gasteiger partial charge in [-0.2, -0.15) is 5.10 Å². The van der Waals surface area contributed by atoms with Gasteiger partial charge < -0.3 is 21.6 Å². The molecule has 0 bridgehead atoms. The number of fused-ring (bicyclic) bond motifs is 1. The number of aryl methyl sites for hydroxylation is 1. The Morgan fingerprint density at radius 1 is 1.21 bits per heavy atom. The number of anilines is 2. The van der Waals surface area contributed by atoms with Crippen LogP contribution < -0.4 is 16.6 Å². The number of aromatic hydroxyl groups is 1. The number of nitrogens with zero attached hydrogens (tertiary/aromatic N) is 6. The van der Waals surface area contributed by atoms with Crippen molar-refractivity contribution in [2.75, 3.05) is 18.1 Å². The maximum Gasteiger partial charge on any atom is 0.282 e. The van der Waals surface area contributed by atoms with Gasteiger partial charge in [0.25, 0.3) is 5.56 Å². The van der Waals surface area contributed by atoms with E-state index in [1.54, 1.807) is 14.0 Å². The van der Waals surface area contributed by atoms with Crippen molar-refractivity contribution in [2.24, 2.45) is 0 Å². The smallest absolute Gasteiger partial charge is 0.282 e. The fraction of sp³-hybridized carbons (Fsp3) is 0.154. The van der Waals surface area contributed by atoms with Crippen LogP contribution in [0, 0.1) is 18.2 Å². The third-order valence-electron chi connectivity index (χ3n) is 6.19. The molecule has 0 amide bonds. The van der Waals surface area contributed by atoms with Crippen molar-refractivity contribution in [2.45, 2.75) is 20.4 Å². The summed E-state index contributed by atoms with van der Waals surface area (Å²) in [7, 11) is 1.61. The lowest BCUT2D eigenvalue weighted by atomic mass is 10.1. The summed E-state index contributed by atoms with van der Waals surface area (Å²) in [5.74, 6) is -0.873. The van der Waals surface area contributed by atoms with Crippen molar-refractivity contribution in [1.82, 2.24) is 29.3 Å². The minimum atomic E-state index is -0.815. The van der Waals surface area contributed by atoms with E-state index in [2.05, 4.69) is 20.4 Å². The monoisotopic (exact) mass is 513 g/mol. The summed E-state index contributed by atoms with van der Waals surface area (Å²) >= 11 is 0. The van der Waals surface area contributed by atoms with E-state index < -0.39 is 11.6 Å². The number of nitrogen functional groups attached to an aromatic ring is 1.